The molecule has 2 heterocycles. The Balaban J connectivity index is 1.65. The zero-order valence-corrected chi connectivity index (χ0v) is 13.9. The number of hydrogen-bond donors (Lipinski definition) is 2. The number of carbonyl (C=O) groups is 1. The zero-order valence-electron chi connectivity index (χ0n) is 13.9. The second kappa shape index (κ2) is 6.64. The summed E-state index contributed by atoms with van der Waals surface area (Å²) >= 11 is 0. The average Bonchev–Trinajstić information content (AvgIpc) is 3.09. The van der Waals surface area contributed by atoms with Crippen LogP contribution in [0.1, 0.15) is 27.3 Å². The normalized spacial score (nSPS) is 11.2. The summed E-state index contributed by atoms with van der Waals surface area (Å²) in [7, 11) is 0. The molecule has 26 heavy (non-hydrogen) atoms. The maximum Gasteiger partial charge on any atom is 0.193 e. The average molecular weight is 340 g/mol. The third kappa shape index (κ3) is 3.10. The molecule has 5 heteroatoms. The smallest absolute Gasteiger partial charge is 0.193 e. The molecule has 5 nitrogen and oxygen atoms in total. The predicted molar refractivity (Wildman–Crippen MR) is 104 cm³/mol. The summed E-state index contributed by atoms with van der Waals surface area (Å²) in [5.41, 5.74) is 9.96. The molecule has 2 aromatic heterocycles. The molecule has 2 aromatic carbocycles. The first-order chi connectivity index (χ1) is 12.7. The summed E-state index contributed by atoms with van der Waals surface area (Å²) in [5.74, 6) is -0.0700. The molecule has 0 unspecified atom stereocenters. The number of ketones is 1. The lowest BCUT2D eigenvalue weighted by Crippen LogP contribution is -2.01. The first-order valence-electron chi connectivity index (χ1n) is 8.18. The van der Waals surface area contributed by atoms with Gasteiger partial charge >= 0.3 is 0 Å². The number of pyridine rings is 1. The van der Waals surface area contributed by atoms with Crippen LogP contribution in [0.25, 0.3) is 23.1 Å². The van der Waals surface area contributed by atoms with Gasteiger partial charge in [0.2, 0.25) is 0 Å². The number of H-pyrrole nitrogens is 1. The molecule has 0 saturated heterocycles. The number of aromatic amines is 1. The molecule has 0 amide bonds. The summed E-state index contributed by atoms with van der Waals surface area (Å²) in [6.07, 6.45) is 5.55. The second-order valence-corrected chi connectivity index (χ2v) is 5.91. The van der Waals surface area contributed by atoms with Crippen LogP contribution >= 0.6 is 0 Å². The van der Waals surface area contributed by atoms with Gasteiger partial charge in [0, 0.05) is 28.4 Å². The van der Waals surface area contributed by atoms with Crippen molar-refractivity contribution in [2.75, 3.05) is 5.73 Å². The number of rotatable bonds is 4. The molecule has 4 rings (SSSR count). The SMILES string of the molecule is Nc1cccc(C(=O)c2ccc3c(C=Cc4ccccn4)n[nH]c3c2)c1. The van der Waals surface area contributed by atoms with Crippen LogP contribution in [-0.2, 0) is 0 Å². The number of fused-ring (bicyclic) bond motifs is 1. The van der Waals surface area contributed by atoms with Gasteiger partial charge in [-0.3, -0.25) is 14.9 Å². The van der Waals surface area contributed by atoms with E-state index in [0.29, 0.717) is 16.8 Å². The van der Waals surface area contributed by atoms with E-state index in [0.717, 1.165) is 22.3 Å². The Labute approximate surface area is 150 Å². The van der Waals surface area contributed by atoms with Crippen LogP contribution in [0.15, 0.2) is 66.9 Å². The molecule has 4 aromatic rings. The van der Waals surface area contributed by atoms with Crippen LogP contribution in [-0.4, -0.2) is 21.0 Å². The fraction of sp³-hybridized carbons (Fsp3) is 0. The molecule has 0 spiro atoms. The largest absolute Gasteiger partial charge is 0.399 e. The topological polar surface area (TPSA) is 84.7 Å². The summed E-state index contributed by atoms with van der Waals surface area (Å²) < 4.78 is 0. The van der Waals surface area contributed by atoms with E-state index in [9.17, 15) is 4.79 Å². The number of nitrogen functional groups attached to an aromatic ring is 1. The number of hydrogen-bond acceptors (Lipinski definition) is 4. The van der Waals surface area contributed by atoms with Crippen molar-refractivity contribution in [3.8, 4) is 0 Å². The second-order valence-electron chi connectivity index (χ2n) is 5.91. The van der Waals surface area contributed by atoms with Crippen LogP contribution in [0.5, 0.6) is 0 Å². The number of nitrogens with two attached hydrogens (primary N) is 1. The fourth-order valence-corrected chi connectivity index (χ4v) is 2.79. The third-order valence-corrected chi connectivity index (χ3v) is 4.10. The highest BCUT2D eigenvalue weighted by Crippen LogP contribution is 2.21. The van der Waals surface area contributed by atoms with Gasteiger partial charge in [0.05, 0.1) is 16.9 Å². The van der Waals surface area contributed by atoms with Gasteiger partial charge in [0.15, 0.2) is 5.78 Å². The molecular weight excluding hydrogens is 324 g/mol. The van der Waals surface area contributed by atoms with Gasteiger partial charge in [-0.1, -0.05) is 24.3 Å². The molecule has 0 radical (unpaired) electrons. The highest BCUT2D eigenvalue weighted by Gasteiger charge is 2.12. The highest BCUT2D eigenvalue weighted by molar-refractivity contribution is 6.11. The lowest BCUT2D eigenvalue weighted by Gasteiger charge is -2.02. The van der Waals surface area contributed by atoms with Gasteiger partial charge in [-0.2, -0.15) is 5.10 Å². The molecule has 126 valence electrons. The minimum atomic E-state index is -0.0700. The van der Waals surface area contributed by atoms with Gasteiger partial charge in [-0.15, -0.1) is 0 Å². The first kappa shape index (κ1) is 15.8. The van der Waals surface area contributed by atoms with Crippen molar-refractivity contribution in [3.63, 3.8) is 0 Å². The van der Waals surface area contributed by atoms with E-state index < -0.39 is 0 Å². The van der Waals surface area contributed by atoms with E-state index in [1.54, 1.807) is 30.5 Å². The fourth-order valence-electron chi connectivity index (χ4n) is 2.79. The van der Waals surface area contributed by atoms with Gasteiger partial charge < -0.3 is 5.73 Å². The Bertz CT molecular complexity index is 1110. The summed E-state index contributed by atoms with van der Waals surface area (Å²) in [6, 6.07) is 18.2. The Kier molecular flexibility index (Phi) is 4.03. The molecule has 0 bridgehead atoms. The molecule has 0 aliphatic heterocycles. The molecule has 0 fully saturated rings. The Morgan fingerprint density at radius 3 is 2.65 bits per heavy atom. The van der Waals surface area contributed by atoms with E-state index in [4.69, 9.17) is 5.73 Å². The molecule has 3 N–H and O–H groups in total. The van der Waals surface area contributed by atoms with E-state index in [2.05, 4.69) is 15.2 Å². The minimum Gasteiger partial charge on any atom is -0.399 e. The number of nitrogens with zero attached hydrogens (tertiary/aromatic N) is 2. The molecular formula is C21H16N4O. The van der Waals surface area contributed by atoms with Crippen LogP contribution in [0.3, 0.4) is 0 Å². The van der Waals surface area contributed by atoms with Crippen molar-refractivity contribution in [1.29, 1.82) is 0 Å². The Morgan fingerprint density at radius 1 is 0.962 bits per heavy atom. The van der Waals surface area contributed by atoms with Crippen molar-refractivity contribution in [1.82, 2.24) is 15.2 Å². The maximum atomic E-state index is 12.6. The summed E-state index contributed by atoms with van der Waals surface area (Å²) in [6.45, 7) is 0. The summed E-state index contributed by atoms with van der Waals surface area (Å²) in [5, 5.41) is 8.26. The van der Waals surface area contributed by atoms with E-state index in [-0.39, 0.29) is 5.78 Å². The van der Waals surface area contributed by atoms with Crippen molar-refractivity contribution in [3.05, 3.63) is 89.4 Å². The minimum absolute atomic E-state index is 0.0700. The predicted octanol–water partition coefficient (Wildman–Crippen LogP) is 3.94. The van der Waals surface area contributed by atoms with E-state index in [1.807, 2.05) is 48.6 Å². The third-order valence-electron chi connectivity index (χ3n) is 4.10. The Hall–Kier alpha value is -3.73. The van der Waals surface area contributed by atoms with Crippen LogP contribution in [0.2, 0.25) is 0 Å². The number of anilines is 1. The van der Waals surface area contributed by atoms with Gasteiger partial charge in [0.1, 0.15) is 0 Å². The van der Waals surface area contributed by atoms with Gasteiger partial charge in [-0.05, 0) is 48.6 Å². The highest BCUT2D eigenvalue weighted by atomic mass is 16.1. The van der Waals surface area contributed by atoms with Crippen LogP contribution in [0.4, 0.5) is 5.69 Å². The van der Waals surface area contributed by atoms with Crippen LogP contribution < -0.4 is 5.73 Å². The summed E-state index contributed by atoms with van der Waals surface area (Å²) in [4.78, 5) is 16.9. The maximum absolute atomic E-state index is 12.6. The number of benzene rings is 2. The first-order valence-corrected chi connectivity index (χ1v) is 8.18. The Morgan fingerprint density at radius 2 is 1.85 bits per heavy atom. The lowest BCUT2D eigenvalue weighted by molar-refractivity contribution is 0.103. The van der Waals surface area contributed by atoms with Crippen molar-refractivity contribution in [2.24, 2.45) is 0 Å². The quantitative estimate of drug-likeness (QED) is 0.435. The van der Waals surface area contributed by atoms with Gasteiger partial charge in [-0.25, -0.2) is 0 Å². The number of carbonyl (C=O) groups excluding carboxylic acids is 1. The van der Waals surface area contributed by atoms with Crippen molar-refractivity contribution >= 4 is 34.5 Å². The monoisotopic (exact) mass is 340 g/mol. The lowest BCUT2D eigenvalue weighted by atomic mass is 10.0. The van der Waals surface area contributed by atoms with Crippen molar-refractivity contribution < 1.29 is 4.79 Å². The number of aromatic nitrogens is 3. The molecule has 0 atom stereocenters. The van der Waals surface area contributed by atoms with E-state index >= 15 is 0 Å². The van der Waals surface area contributed by atoms with E-state index in [1.165, 1.54) is 0 Å². The standard InChI is InChI=1S/C21H16N4O/c22-16-5-3-4-14(12-16)21(26)15-7-9-18-19(24-25-20(18)13-15)10-8-17-6-1-2-11-23-17/h1-13H,22H2,(H,24,25). The molecule has 0 aliphatic carbocycles. The molecule has 0 aliphatic rings. The van der Waals surface area contributed by atoms with Crippen molar-refractivity contribution in [2.45, 2.75) is 0 Å². The number of nitrogens with one attached hydrogen (secondary N) is 1. The van der Waals surface area contributed by atoms with Crippen LogP contribution in [0, 0.1) is 0 Å². The zero-order chi connectivity index (χ0) is 17.9. The van der Waals surface area contributed by atoms with Gasteiger partial charge in [0.25, 0.3) is 0 Å². The molecule has 0 saturated carbocycles.